The van der Waals surface area contributed by atoms with E-state index in [9.17, 15) is 4.79 Å². The van der Waals surface area contributed by atoms with E-state index in [1.54, 1.807) is 6.20 Å². The Morgan fingerprint density at radius 2 is 2.16 bits per heavy atom. The molecule has 4 nitrogen and oxygen atoms in total. The minimum absolute atomic E-state index is 0.0828. The van der Waals surface area contributed by atoms with Gasteiger partial charge in [-0.1, -0.05) is 24.3 Å². The molecular formula is C15H15N3O. The summed E-state index contributed by atoms with van der Waals surface area (Å²) in [6, 6.07) is 8.38. The van der Waals surface area contributed by atoms with Crippen molar-refractivity contribution in [2.75, 3.05) is 0 Å². The molecule has 19 heavy (non-hydrogen) atoms. The van der Waals surface area contributed by atoms with Gasteiger partial charge in [0, 0.05) is 12.4 Å². The molecule has 4 heteroatoms. The summed E-state index contributed by atoms with van der Waals surface area (Å²) < 4.78 is 0. The lowest BCUT2D eigenvalue weighted by atomic mass is 9.88. The van der Waals surface area contributed by atoms with Gasteiger partial charge in [0.05, 0.1) is 12.2 Å². The number of aromatic nitrogens is 2. The monoisotopic (exact) mass is 253 g/mol. The first kappa shape index (κ1) is 11.8. The zero-order chi connectivity index (χ0) is 13.1. The fourth-order valence-corrected chi connectivity index (χ4v) is 2.55. The van der Waals surface area contributed by atoms with Crippen LogP contribution in [0, 0.1) is 0 Å². The van der Waals surface area contributed by atoms with E-state index in [-0.39, 0.29) is 11.9 Å². The van der Waals surface area contributed by atoms with Crippen LogP contribution >= 0.6 is 0 Å². The predicted molar refractivity (Wildman–Crippen MR) is 71.6 cm³/mol. The topological polar surface area (TPSA) is 54.9 Å². The Hall–Kier alpha value is -2.23. The second kappa shape index (κ2) is 5.18. The predicted octanol–water partition coefficient (Wildman–Crippen LogP) is 2.28. The molecule has 3 rings (SSSR count). The summed E-state index contributed by atoms with van der Waals surface area (Å²) in [5, 5.41) is 3.05. The Balaban J connectivity index is 1.80. The average Bonchev–Trinajstić information content (AvgIpc) is 2.48. The summed E-state index contributed by atoms with van der Waals surface area (Å²) in [7, 11) is 0. The summed E-state index contributed by atoms with van der Waals surface area (Å²) in [6.45, 7) is 0. The number of amides is 1. The zero-order valence-corrected chi connectivity index (χ0v) is 10.5. The molecule has 1 aliphatic rings. The molecule has 1 aromatic heterocycles. The molecule has 1 amide bonds. The molecular weight excluding hydrogens is 238 g/mol. The normalized spacial score (nSPS) is 17.6. The van der Waals surface area contributed by atoms with Gasteiger partial charge < -0.3 is 5.32 Å². The highest BCUT2D eigenvalue weighted by Gasteiger charge is 2.22. The van der Waals surface area contributed by atoms with E-state index in [4.69, 9.17) is 0 Å². The first-order chi connectivity index (χ1) is 9.34. The van der Waals surface area contributed by atoms with Crippen molar-refractivity contribution < 1.29 is 4.79 Å². The highest BCUT2D eigenvalue weighted by atomic mass is 16.1. The van der Waals surface area contributed by atoms with Gasteiger partial charge in [0.1, 0.15) is 5.69 Å². The highest BCUT2D eigenvalue weighted by Crippen LogP contribution is 2.29. The van der Waals surface area contributed by atoms with Gasteiger partial charge in [-0.3, -0.25) is 9.78 Å². The summed E-state index contributed by atoms with van der Waals surface area (Å²) in [5.74, 6) is -0.158. The Labute approximate surface area is 111 Å². The Morgan fingerprint density at radius 3 is 3.00 bits per heavy atom. The lowest BCUT2D eigenvalue weighted by molar-refractivity contribution is 0.0927. The maximum absolute atomic E-state index is 12.1. The molecule has 2 aromatic rings. The third-order valence-electron chi connectivity index (χ3n) is 3.47. The fourth-order valence-electron chi connectivity index (χ4n) is 2.55. The molecule has 1 N–H and O–H groups in total. The molecule has 0 aliphatic heterocycles. The van der Waals surface area contributed by atoms with E-state index in [0.717, 1.165) is 19.3 Å². The molecule has 0 radical (unpaired) electrons. The summed E-state index contributed by atoms with van der Waals surface area (Å²) in [5.41, 5.74) is 2.93. The van der Waals surface area contributed by atoms with Crippen molar-refractivity contribution in [3.05, 3.63) is 59.7 Å². The smallest absolute Gasteiger partial charge is 0.271 e. The SMILES string of the molecule is O=C(NC1CCCc2ccccc21)c1cnccn1. The third kappa shape index (κ3) is 2.47. The number of benzene rings is 1. The number of nitrogens with one attached hydrogen (secondary N) is 1. The third-order valence-corrected chi connectivity index (χ3v) is 3.47. The van der Waals surface area contributed by atoms with Crippen molar-refractivity contribution >= 4 is 5.91 Å². The van der Waals surface area contributed by atoms with E-state index in [1.807, 2.05) is 12.1 Å². The van der Waals surface area contributed by atoms with E-state index >= 15 is 0 Å². The van der Waals surface area contributed by atoms with Gasteiger partial charge in [0.2, 0.25) is 0 Å². The maximum atomic E-state index is 12.1. The van der Waals surface area contributed by atoms with Crippen LogP contribution in [0.3, 0.4) is 0 Å². The van der Waals surface area contributed by atoms with Crippen LogP contribution in [0.5, 0.6) is 0 Å². The number of carbonyl (C=O) groups excluding carboxylic acids is 1. The number of carbonyl (C=O) groups is 1. The number of hydrogen-bond donors (Lipinski definition) is 1. The van der Waals surface area contributed by atoms with Crippen molar-refractivity contribution in [1.29, 1.82) is 0 Å². The van der Waals surface area contributed by atoms with Gasteiger partial charge in [-0.2, -0.15) is 0 Å². The Kier molecular flexibility index (Phi) is 3.23. The number of nitrogens with zero attached hydrogens (tertiary/aromatic N) is 2. The van der Waals surface area contributed by atoms with Crippen LogP contribution in [0.25, 0.3) is 0 Å². The van der Waals surface area contributed by atoms with Gasteiger partial charge in [-0.15, -0.1) is 0 Å². The lowest BCUT2D eigenvalue weighted by Gasteiger charge is -2.26. The number of hydrogen-bond acceptors (Lipinski definition) is 3. The molecule has 0 spiro atoms. The molecule has 1 heterocycles. The number of aryl methyl sites for hydroxylation is 1. The molecule has 1 unspecified atom stereocenters. The molecule has 1 atom stereocenters. The molecule has 0 bridgehead atoms. The Morgan fingerprint density at radius 1 is 1.26 bits per heavy atom. The maximum Gasteiger partial charge on any atom is 0.271 e. The van der Waals surface area contributed by atoms with Crippen molar-refractivity contribution in [3.63, 3.8) is 0 Å². The van der Waals surface area contributed by atoms with Crippen molar-refractivity contribution in [2.45, 2.75) is 25.3 Å². The minimum Gasteiger partial charge on any atom is -0.344 e. The van der Waals surface area contributed by atoms with Gasteiger partial charge >= 0.3 is 0 Å². The van der Waals surface area contributed by atoms with E-state index < -0.39 is 0 Å². The van der Waals surface area contributed by atoms with Crippen molar-refractivity contribution in [1.82, 2.24) is 15.3 Å². The first-order valence-corrected chi connectivity index (χ1v) is 6.49. The Bertz CT molecular complexity index is 583. The standard InChI is InChI=1S/C15H15N3O/c19-15(14-10-16-8-9-17-14)18-13-7-3-5-11-4-1-2-6-12(11)13/h1-2,4,6,8-10,13H,3,5,7H2,(H,18,19). The first-order valence-electron chi connectivity index (χ1n) is 6.49. The van der Waals surface area contributed by atoms with E-state index in [1.165, 1.54) is 23.5 Å². The summed E-state index contributed by atoms with van der Waals surface area (Å²) in [4.78, 5) is 20.1. The van der Waals surface area contributed by atoms with E-state index in [2.05, 4.69) is 27.4 Å². The zero-order valence-electron chi connectivity index (χ0n) is 10.5. The highest BCUT2D eigenvalue weighted by molar-refractivity contribution is 5.92. The second-order valence-corrected chi connectivity index (χ2v) is 4.71. The van der Waals surface area contributed by atoms with E-state index in [0.29, 0.717) is 5.69 Å². The van der Waals surface area contributed by atoms with Crippen LogP contribution in [0.2, 0.25) is 0 Å². The quantitative estimate of drug-likeness (QED) is 0.893. The van der Waals surface area contributed by atoms with Gasteiger partial charge in [0.25, 0.3) is 5.91 Å². The van der Waals surface area contributed by atoms with Gasteiger partial charge in [0.15, 0.2) is 0 Å². The second-order valence-electron chi connectivity index (χ2n) is 4.71. The van der Waals surface area contributed by atoms with Crippen molar-refractivity contribution in [2.24, 2.45) is 0 Å². The molecule has 0 fully saturated rings. The molecule has 96 valence electrons. The lowest BCUT2D eigenvalue weighted by Crippen LogP contribution is -2.31. The van der Waals surface area contributed by atoms with Crippen molar-refractivity contribution in [3.8, 4) is 0 Å². The van der Waals surface area contributed by atoms with Crippen LogP contribution in [-0.4, -0.2) is 15.9 Å². The largest absolute Gasteiger partial charge is 0.344 e. The van der Waals surface area contributed by atoms with Crippen LogP contribution in [0.1, 0.15) is 40.5 Å². The van der Waals surface area contributed by atoms with Crippen LogP contribution < -0.4 is 5.32 Å². The summed E-state index contributed by atoms with van der Waals surface area (Å²) >= 11 is 0. The van der Waals surface area contributed by atoms with Gasteiger partial charge in [-0.25, -0.2) is 4.98 Å². The van der Waals surface area contributed by atoms with Crippen LogP contribution in [0.4, 0.5) is 0 Å². The minimum atomic E-state index is -0.158. The number of fused-ring (bicyclic) bond motifs is 1. The van der Waals surface area contributed by atoms with Crippen LogP contribution in [0.15, 0.2) is 42.9 Å². The molecule has 0 saturated carbocycles. The van der Waals surface area contributed by atoms with Gasteiger partial charge in [-0.05, 0) is 30.4 Å². The molecule has 0 saturated heterocycles. The fraction of sp³-hybridized carbons (Fsp3) is 0.267. The number of rotatable bonds is 2. The van der Waals surface area contributed by atoms with Crippen LogP contribution in [-0.2, 0) is 6.42 Å². The molecule has 1 aromatic carbocycles. The molecule has 1 aliphatic carbocycles. The summed E-state index contributed by atoms with van der Waals surface area (Å²) in [6.07, 6.45) is 7.75. The average molecular weight is 253 g/mol.